The topological polar surface area (TPSA) is 81.7 Å². The van der Waals surface area contributed by atoms with Crippen molar-refractivity contribution < 1.29 is 0 Å². The molecule has 2 aromatic heterocycles. The van der Waals surface area contributed by atoms with Crippen molar-refractivity contribution in [3.63, 3.8) is 0 Å². The third-order valence-electron chi connectivity index (χ3n) is 3.46. The summed E-state index contributed by atoms with van der Waals surface area (Å²) in [6, 6.07) is 0.329. The van der Waals surface area contributed by atoms with Crippen LogP contribution in [0.4, 0.5) is 5.82 Å². The van der Waals surface area contributed by atoms with E-state index in [1.807, 2.05) is 10.9 Å². The van der Waals surface area contributed by atoms with Crippen LogP contribution in [0.3, 0.4) is 0 Å². The van der Waals surface area contributed by atoms with Crippen molar-refractivity contribution >= 4 is 5.82 Å². The first-order valence-corrected chi connectivity index (χ1v) is 6.60. The van der Waals surface area contributed by atoms with Gasteiger partial charge in [-0.25, -0.2) is 15.8 Å². The smallest absolute Gasteiger partial charge is 0.165 e. The summed E-state index contributed by atoms with van der Waals surface area (Å²) >= 11 is 0. The molecular formula is C13H18N6. The van der Waals surface area contributed by atoms with Gasteiger partial charge in [0.1, 0.15) is 5.82 Å². The van der Waals surface area contributed by atoms with Crippen LogP contribution in [-0.2, 0) is 12.8 Å². The summed E-state index contributed by atoms with van der Waals surface area (Å²) < 4.78 is 1.90. The summed E-state index contributed by atoms with van der Waals surface area (Å²) in [7, 11) is 0. The van der Waals surface area contributed by atoms with Crippen molar-refractivity contribution in [2.45, 2.75) is 39.2 Å². The predicted octanol–water partition coefficient (Wildman–Crippen LogP) is 1.70. The maximum Gasteiger partial charge on any atom is 0.165 e. The van der Waals surface area contributed by atoms with Gasteiger partial charge in [0.2, 0.25) is 0 Å². The third kappa shape index (κ3) is 2.08. The molecule has 0 amide bonds. The minimum atomic E-state index is 0.329. The van der Waals surface area contributed by atoms with Crippen LogP contribution in [0.25, 0.3) is 11.4 Å². The number of hydrazine groups is 1. The van der Waals surface area contributed by atoms with E-state index in [0.717, 1.165) is 41.9 Å². The maximum absolute atomic E-state index is 5.56. The number of aromatic nitrogens is 4. The molecule has 0 bridgehead atoms. The molecule has 6 heteroatoms. The van der Waals surface area contributed by atoms with Crippen molar-refractivity contribution in [2.24, 2.45) is 5.84 Å². The van der Waals surface area contributed by atoms with Gasteiger partial charge in [0.25, 0.3) is 0 Å². The number of nitrogens with zero attached hydrogens (tertiary/aromatic N) is 4. The van der Waals surface area contributed by atoms with E-state index >= 15 is 0 Å². The highest BCUT2D eigenvalue weighted by atomic mass is 15.3. The number of aryl methyl sites for hydroxylation is 1. The standard InChI is InChI=1S/C13H18N6/c1-8(2)19-7-9(6-15-19)12-16-11-5-3-4-10(11)13(17-12)18-14/h6-8H,3-5,14H2,1-2H3,(H,16,17,18). The minimum absolute atomic E-state index is 0.329. The molecule has 0 spiro atoms. The minimum Gasteiger partial charge on any atom is -0.308 e. The molecule has 0 saturated heterocycles. The Morgan fingerprint density at radius 1 is 1.32 bits per heavy atom. The quantitative estimate of drug-likeness (QED) is 0.647. The van der Waals surface area contributed by atoms with Gasteiger partial charge in [-0.3, -0.25) is 4.68 Å². The zero-order chi connectivity index (χ0) is 13.4. The van der Waals surface area contributed by atoms with Crippen LogP contribution < -0.4 is 11.3 Å². The monoisotopic (exact) mass is 258 g/mol. The first-order chi connectivity index (χ1) is 9.19. The fourth-order valence-electron chi connectivity index (χ4n) is 2.42. The van der Waals surface area contributed by atoms with Gasteiger partial charge in [0, 0.05) is 23.5 Å². The van der Waals surface area contributed by atoms with Crippen molar-refractivity contribution in [2.75, 3.05) is 5.43 Å². The Hall–Kier alpha value is -1.95. The van der Waals surface area contributed by atoms with E-state index in [2.05, 4.69) is 34.3 Å². The number of hydrogen-bond donors (Lipinski definition) is 2. The molecule has 6 nitrogen and oxygen atoms in total. The number of anilines is 1. The lowest BCUT2D eigenvalue weighted by Gasteiger charge is -2.08. The predicted molar refractivity (Wildman–Crippen MR) is 73.5 cm³/mol. The van der Waals surface area contributed by atoms with Crippen LogP contribution in [0.2, 0.25) is 0 Å². The van der Waals surface area contributed by atoms with Crippen LogP contribution in [0, 0.1) is 0 Å². The number of fused-ring (bicyclic) bond motifs is 1. The molecule has 0 radical (unpaired) electrons. The van der Waals surface area contributed by atoms with Crippen molar-refractivity contribution in [3.05, 3.63) is 23.7 Å². The molecular weight excluding hydrogens is 240 g/mol. The van der Waals surface area contributed by atoms with E-state index in [1.165, 1.54) is 0 Å². The second-order valence-corrected chi connectivity index (χ2v) is 5.12. The summed E-state index contributed by atoms with van der Waals surface area (Å²) in [6.45, 7) is 4.18. The van der Waals surface area contributed by atoms with Crippen molar-refractivity contribution in [3.8, 4) is 11.4 Å². The Bertz CT molecular complexity index is 601. The lowest BCUT2D eigenvalue weighted by Crippen LogP contribution is -2.12. The van der Waals surface area contributed by atoms with E-state index in [-0.39, 0.29) is 0 Å². The Labute approximate surface area is 112 Å². The maximum atomic E-state index is 5.56. The van der Waals surface area contributed by atoms with Gasteiger partial charge in [-0.15, -0.1) is 0 Å². The lowest BCUT2D eigenvalue weighted by molar-refractivity contribution is 0.532. The molecule has 19 heavy (non-hydrogen) atoms. The summed E-state index contributed by atoms with van der Waals surface area (Å²) in [4.78, 5) is 9.15. The third-order valence-corrected chi connectivity index (χ3v) is 3.46. The first-order valence-electron chi connectivity index (χ1n) is 6.60. The van der Waals surface area contributed by atoms with E-state index in [9.17, 15) is 0 Å². The van der Waals surface area contributed by atoms with E-state index in [1.54, 1.807) is 6.20 Å². The molecule has 0 unspecified atom stereocenters. The zero-order valence-corrected chi connectivity index (χ0v) is 11.2. The van der Waals surface area contributed by atoms with Crippen LogP contribution in [0.15, 0.2) is 12.4 Å². The Balaban J connectivity index is 2.05. The summed E-state index contributed by atoms with van der Waals surface area (Å²) in [5.41, 5.74) is 5.88. The SMILES string of the molecule is CC(C)n1cc(-c2nc3c(c(NN)n2)CCC3)cn1. The zero-order valence-electron chi connectivity index (χ0n) is 11.2. The summed E-state index contributed by atoms with van der Waals surface area (Å²) in [6.07, 6.45) is 6.89. The first kappa shape index (κ1) is 12.1. The highest BCUT2D eigenvalue weighted by Gasteiger charge is 2.20. The van der Waals surface area contributed by atoms with Crippen LogP contribution >= 0.6 is 0 Å². The average Bonchev–Trinajstić information content (AvgIpc) is 3.05. The summed E-state index contributed by atoms with van der Waals surface area (Å²) in [5, 5.41) is 4.33. The Kier molecular flexibility index (Phi) is 2.94. The second kappa shape index (κ2) is 4.62. The number of nitrogens with one attached hydrogen (secondary N) is 1. The molecule has 0 aliphatic heterocycles. The van der Waals surface area contributed by atoms with Crippen LogP contribution in [0.5, 0.6) is 0 Å². The highest BCUT2D eigenvalue weighted by molar-refractivity contribution is 5.59. The Morgan fingerprint density at radius 3 is 2.84 bits per heavy atom. The molecule has 3 N–H and O–H groups in total. The highest BCUT2D eigenvalue weighted by Crippen LogP contribution is 2.28. The van der Waals surface area contributed by atoms with Gasteiger partial charge in [0.15, 0.2) is 5.82 Å². The van der Waals surface area contributed by atoms with Crippen molar-refractivity contribution in [1.82, 2.24) is 19.7 Å². The lowest BCUT2D eigenvalue weighted by atomic mass is 10.2. The summed E-state index contributed by atoms with van der Waals surface area (Å²) in [5.74, 6) is 7.00. The molecule has 2 aromatic rings. The number of nitrogen functional groups attached to an aromatic ring is 1. The molecule has 0 saturated carbocycles. The molecule has 0 fully saturated rings. The van der Waals surface area contributed by atoms with Crippen LogP contribution in [-0.4, -0.2) is 19.7 Å². The molecule has 2 heterocycles. The molecule has 100 valence electrons. The van der Waals surface area contributed by atoms with E-state index in [0.29, 0.717) is 11.9 Å². The normalized spacial score (nSPS) is 13.9. The fourth-order valence-corrected chi connectivity index (χ4v) is 2.42. The molecule has 3 rings (SSSR count). The van der Waals surface area contributed by atoms with E-state index < -0.39 is 0 Å². The van der Waals surface area contributed by atoms with Gasteiger partial charge < -0.3 is 5.43 Å². The molecule has 0 aromatic carbocycles. The second-order valence-electron chi connectivity index (χ2n) is 5.12. The molecule has 1 aliphatic carbocycles. The molecule has 0 atom stereocenters. The van der Waals surface area contributed by atoms with Gasteiger partial charge >= 0.3 is 0 Å². The Morgan fingerprint density at radius 2 is 2.16 bits per heavy atom. The number of hydrogen-bond acceptors (Lipinski definition) is 5. The fraction of sp³-hybridized carbons (Fsp3) is 0.462. The van der Waals surface area contributed by atoms with Gasteiger partial charge in [-0.05, 0) is 33.1 Å². The van der Waals surface area contributed by atoms with Crippen molar-refractivity contribution in [1.29, 1.82) is 0 Å². The molecule has 1 aliphatic rings. The van der Waals surface area contributed by atoms with Crippen LogP contribution in [0.1, 0.15) is 37.6 Å². The number of nitrogens with two attached hydrogens (primary N) is 1. The van der Waals surface area contributed by atoms with Gasteiger partial charge in [0.05, 0.1) is 11.8 Å². The largest absolute Gasteiger partial charge is 0.308 e. The van der Waals surface area contributed by atoms with Gasteiger partial charge in [-0.2, -0.15) is 5.10 Å². The average molecular weight is 258 g/mol. The van der Waals surface area contributed by atoms with E-state index in [4.69, 9.17) is 5.84 Å². The number of rotatable bonds is 3. The van der Waals surface area contributed by atoms with Gasteiger partial charge in [-0.1, -0.05) is 0 Å².